The van der Waals surface area contributed by atoms with Gasteiger partial charge in [-0.15, -0.1) is 0 Å². The van der Waals surface area contributed by atoms with Crippen LogP contribution < -0.4 is 0 Å². The molecule has 1 N–H and O–H groups in total. The molecule has 0 spiro atoms. The number of ether oxygens (including phenoxy) is 1. The lowest BCUT2D eigenvalue weighted by molar-refractivity contribution is -0.201. The molecule has 6 atom stereocenters. The van der Waals surface area contributed by atoms with Crippen molar-refractivity contribution in [3.05, 3.63) is 108 Å². The van der Waals surface area contributed by atoms with Gasteiger partial charge in [-0.2, -0.15) is 0 Å². The molecule has 0 saturated carbocycles. The Balaban J connectivity index is 1.64. The molecular formula is C28H29NO3. The fraction of sp³-hybridized carbons (Fsp3) is 0.321. The second-order valence-electron chi connectivity index (χ2n) is 8.86. The van der Waals surface area contributed by atoms with Crippen molar-refractivity contribution >= 4 is 5.91 Å². The van der Waals surface area contributed by atoms with Gasteiger partial charge in [0, 0.05) is 0 Å². The Bertz CT molecular complexity index is 1070. The molecule has 2 fully saturated rings. The summed E-state index contributed by atoms with van der Waals surface area (Å²) >= 11 is 0. The normalized spacial score (nSPS) is 28.7. The van der Waals surface area contributed by atoms with Crippen molar-refractivity contribution in [3.63, 3.8) is 0 Å². The lowest BCUT2D eigenvalue weighted by Crippen LogP contribution is -2.68. The highest BCUT2D eigenvalue weighted by molar-refractivity contribution is 5.93. The Labute approximate surface area is 189 Å². The van der Waals surface area contributed by atoms with Crippen LogP contribution in [-0.2, 0) is 9.53 Å². The van der Waals surface area contributed by atoms with Crippen LogP contribution in [0.1, 0.15) is 55.1 Å². The fourth-order valence-corrected chi connectivity index (χ4v) is 5.47. The molecule has 32 heavy (non-hydrogen) atoms. The minimum absolute atomic E-state index is 0.0160. The smallest absolute Gasteiger partial charge is 0.238 e. The summed E-state index contributed by atoms with van der Waals surface area (Å²) in [5.74, 6) is -0.0417. The van der Waals surface area contributed by atoms with Crippen molar-refractivity contribution in [2.24, 2.45) is 5.41 Å². The topological polar surface area (TPSA) is 53.1 Å². The Morgan fingerprint density at radius 1 is 0.906 bits per heavy atom. The summed E-state index contributed by atoms with van der Waals surface area (Å²) in [6, 6.07) is 29.3. The van der Waals surface area contributed by atoms with Gasteiger partial charge in [-0.3, -0.25) is 4.79 Å². The van der Waals surface area contributed by atoms with E-state index >= 15 is 0 Å². The predicted octanol–water partition coefficient (Wildman–Crippen LogP) is 5.23. The molecule has 4 heteroatoms. The van der Waals surface area contributed by atoms with E-state index in [1.165, 1.54) is 0 Å². The zero-order chi connectivity index (χ0) is 22.3. The van der Waals surface area contributed by atoms with Gasteiger partial charge in [0.15, 0.2) is 0 Å². The monoisotopic (exact) mass is 427 g/mol. The maximum atomic E-state index is 14.1. The number of hydrogen-bond acceptors (Lipinski definition) is 3. The molecule has 2 aliphatic heterocycles. The van der Waals surface area contributed by atoms with E-state index in [2.05, 4.69) is 38.1 Å². The summed E-state index contributed by atoms with van der Waals surface area (Å²) in [6.07, 6.45) is -0.462. The van der Waals surface area contributed by atoms with Gasteiger partial charge in [0.2, 0.25) is 5.91 Å². The minimum Gasteiger partial charge on any atom is -0.387 e. The highest BCUT2D eigenvalue weighted by atomic mass is 16.6. The lowest BCUT2D eigenvalue weighted by Gasteiger charge is -2.60. The van der Waals surface area contributed by atoms with Crippen molar-refractivity contribution in [2.45, 2.75) is 50.7 Å². The SMILES string of the molecule is CC[C@@H]1O[C@H]1[C@]1([C@H](O)c2ccccc2)C(=O)N([C@@H](C)c2ccccc2)[C@@H]1c1ccccc1. The van der Waals surface area contributed by atoms with E-state index in [4.69, 9.17) is 4.74 Å². The average Bonchev–Trinajstić information content (AvgIpc) is 3.64. The number of carbonyl (C=O) groups excluding carboxylic acids is 1. The largest absolute Gasteiger partial charge is 0.387 e. The molecule has 0 aromatic heterocycles. The molecular weight excluding hydrogens is 398 g/mol. The molecule has 3 aromatic carbocycles. The third-order valence-electron chi connectivity index (χ3n) is 7.17. The number of rotatable bonds is 7. The summed E-state index contributed by atoms with van der Waals surface area (Å²) in [4.78, 5) is 16.1. The first-order valence-electron chi connectivity index (χ1n) is 11.4. The zero-order valence-corrected chi connectivity index (χ0v) is 18.5. The van der Waals surface area contributed by atoms with Crippen molar-refractivity contribution in [1.29, 1.82) is 0 Å². The molecule has 3 aromatic rings. The van der Waals surface area contributed by atoms with E-state index in [0.717, 1.165) is 23.1 Å². The van der Waals surface area contributed by atoms with Crippen LogP contribution in [0.3, 0.4) is 0 Å². The quantitative estimate of drug-likeness (QED) is 0.415. The van der Waals surface area contributed by atoms with Crippen LogP contribution >= 0.6 is 0 Å². The van der Waals surface area contributed by atoms with Crippen molar-refractivity contribution in [1.82, 2.24) is 4.90 Å². The number of epoxide rings is 1. The first kappa shape index (κ1) is 20.9. The second kappa shape index (κ2) is 8.19. The highest BCUT2D eigenvalue weighted by Crippen LogP contribution is 2.65. The Hall–Kier alpha value is -2.95. The van der Waals surface area contributed by atoms with Gasteiger partial charge in [-0.1, -0.05) is 97.9 Å². The first-order chi connectivity index (χ1) is 15.6. The second-order valence-corrected chi connectivity index (χ2v) is 8.86. The van der Waals surface area contributed by atoms with Crippen molar-refractivity contribution in [3.8, 4) is 0 Å². The molecule has 0 bridgehead atoms. The Kier molecular flexibility index (Phi) is 5.36. The molecule has 0 aliphatic carbocycles. The highest BCUT2D eigenvalue weighted by Gasteiger charge is 2.75. The first-order valence-corrected chi connectivity index (χ1v) is 11.4. The van der Waals surface area contributed by atoms with Gasteiger partial charge in [-0.25, -0.2) is 0 Å². The van der Waals surface area contributed by atoms with E-state index < -0.39 is 11.5 Å². The Morgan fingerprint density at radius 2 is 1.44 bits per heavy atom. The summed E-state index contributed by atoms with van der Waals surface area (Å²) in [5, 5.41) is 11.8. The molecule has 164 valence electrons. The van der Waals surface area contributed by atoms with E-state index in [-0.39, 0.29) is 30.2 Å². The number of β-lactam (4-membered cyclic amide) rings is 1. The number of amides is 1. The van der Waals surface area contributed by atoms with Crippen molar-refractivity contribution < 1.29 is 14.6 Å². The van der Waals surface area contributed by atoms with Crippen LogP contribution in [0, 0.1) is 5.41 Å². The van der Waals surface area contributed by atoms with Gasteiger partial charge >= 0.3 is 0 Å². The molecule has 0 radical (unpaired) electrons. The number of benzene rings is 3. The third kappa shape index (κ3) is 3.09. The van der Waals surface area contributed by atoms with Crippen LogP contribution in [0.25, 0.3) is 0 Å². The summed E-state index contributed by atoms with van der Waals surface area (Å²) in [5.41, 5.74) is 1.80. The van der Waals surface area contributed by atoms with E-state index in [1.54, 1.807) is 0 Å². The number of aliphatic hydroxyl groups is 1. The summed E-state index contributed by atoms with van der Waals surface area (Å²) in [6.45, 7) is 4.13. The minimum atomic E-state index is -1.05. The molecule has 2 aliphatic rings. The third-order valence-corrected chi connectivity index (χ3v) is 7.17. The molecule has 4 nitrogen and oxygen atoms in total. The molecule has 5 rings (SSSR count). The zero-order valence-electron chi connectivity index (χ0n) is 18.5. The standard InChI is InChI=1S/C28H29NO3/c1-3-23-26(32-23)28(25(30)22-17-11-6-12-18-22)24(21-15-9-5-10-16-21)29(27(28)31)19(2)20-13-7-4-8-14-20/h4-19,23-26,30H,3H2,1-2H3/t19-,23-,24+,25+,26+,28-/m0/s1. The molecule has 2 heterocycles. The van der Waals surface area contributed by atoms with Gasteiger partial charge in [0.1, 0.15) is 11.5 Å². The Morgan fingerprint density at radius 3 is 1.97 bits per heavy atom. The van der Waals surface area contributed by atoms with Crippen LogP contribution in [-0.4, -0.2) is 28.1 Å². The van der Waals surface area contributed by atoms with Crippen molar-refractivity contribution in [2.75, 3.05) is 0 Å². The van der Waals surface area contributed by atoms with E-state index in [9.17, 15) is 9.90 Å². The van der Waals surface area contributed by atoms with Crippen LogP contribution in [0.2, 0.25) is 0 Å². The van der Waals surface area contributed by atoms with E-state index in [1.807, 2.05) is 71.6 Å². The summed E-state index contributed by atoms with van der Waals surface area (Å²) < 4.78 is 6.06. The molecule has 2 saturated heterocycles. The van der Waals surface area contributed by atoms with Gasteiger partial charge in [-0.05, 0) is 30.0 Å². The fourth-order valence-electron chi connectivity index (χ4n) is 5.47. The lowest BCUT2D eigenvalue weighted by atomic mass is 9.59. The van der Waals surface area contributed by atoms with Gasteiger partial charge < -0.3 is 14.7 Å². The average molecular weight is 428 g/mol. The number of aliphatic hydroxyl groups excluding tert-OH is 1. The van der Waals surface area contributed by atoms with E-state index in [0.29, 0.717) is 0 Å². The number of hydrogen-bond donors (Lipinski definition) is 1. The van der Waals surface area contributed by atoms with Gasteiger partial charge in [0.25, 0.3) is 0 Å². The number of likely N-dealkylation sites (tertiary alicyclic amines) is 1. The number of carbonyl (C=O) groups is 1. The number of nitrogens with zero attached hydrogens (tertiary/aromatic N) is 1. The molecule has 1 amide bonds. The van der Waals surface area contributed by atoms with Crippen LogP contribution in [0.15, 0.2) is 91.0 Å². The van der Waals surface area contributed by atoms with Crippen LogP contribution in [0.5, 0.6) is 0 Å². The maximum absolute atomic E-state index is 14.1. The molecule has 0 unspecified atom stereocenters. The van der Waals surface area contributed by atoms with Gasteiger partial charge in [0.05, 0.1) is 24.3 Å². The maximum Gasteiger partial charge on any atom is 0.238 e. The summed E-state index contributed by atoms with van der Waals surface area (Å²) in [7, 11) is 0. The van der Waals surface area contributed by atoms with Crippen LogP contribution in [0.4, 0.5) is 0 Å². The predicted molar refractivity (Wildman–Crippen MR) is 124 cm³/mol.